The van der Waals surface area contributed by atoms with Crippen LogP contribution in [-0.2, 0) is 13.0 Å². The number of aliphatic hydroxyl groups excluding tert-OH is 1. The summed E-state index contributed by atoms with van der Waals surface area (Å²) in [6, 6.07) is 11.8. The van der Waals surface area contributed by atoms with Crippen LogP contribution in [0.1, 0.15) is 11.1 Å². The van der Waals surface area contributed by atoms with E-state index in [2.05, 4.69) is 0 Å². The van der Waals surface area contributed by atoms with Crippen LogP contribution >= 0.6 is 0 Å². The highest BCUT2D eigenvalue weighted by Gasteiger charge is 2.23. The summed E-state index contributed by atoms with van der Waals surface area (Å²) in [4.78, 5) is 0. The molecule has 0 fully saturated rings. The van der Waals surface area contributed by atoms with Gasteiger partial charge in [0.1, 0.15) is 30.0 Å². The Kier molecular flexibility index (Phi) is 3.56. The summed E-state index contributed by atoms with van der Waals surface area (Å²) in [5.74, 6) is 1.22. The summed E-state index contributed by atoms with van der Waals surface area (Å²) >= 11 is 0. The molecule has 3 nitrogen and oxygen atoms in total. The predicted octanol–water partition coefficient (Wildman–Crippen LogP) is 2.70. The molecule has 1 N–H and O–H groups in total. The van der Waals surface area contributed by atoms with Crippen molar-refractivity contribution < 1.29 is 19.0 Å². The highest BCUT2D eigenvalue weighted by molar-refractivity contribution is 5.38. The SMILES string of the molecule is OCc1ccc(OCC2Cc3cc(F)ccc3O2)cc1. The van der Waals surface area contributed by atoms with Crippen LogP contribution in [0.4, 0.5) is 4.39 Å². The van der Waals surface area contributed by atoms with E-state index >= 15 is 0 Å². The highest BCUT2D eigenvalue weighted by atomic mass is 19.1. The zero-order chi connectivity index (χ0) is 13.9. The molecule has 1 aliphatic heterocycles. The molecule has 1 aliphatic rings. The summed E-state index contributed by atoms with van der Waals surface area (Å²) in [5, 5.41) is 8.96. The highest BCUT2D eigenvalue weighted by Crippen LogP contribution is 2.29. The van der Waals surface area contributed by atoms with Gasteiger partial charge in [0.05, 0.1) is 6.61 Å². The standard InChI is InChI=1S/C16H15FO3/c17-13-3-6-16-12(7-13)8-15(20-16)10-19-14-4-1-11(9-18)2-5-14/h1-7,15,18H,8-10H2. The zero-order valence-electron chi connectivity index (χ0n) is 10.9. The second-order valence-corrected chi connectivity index (χ2v) is 4.81. The molecular formula is C16H15FO3. The first-order valence-corrected chi connectivity index (χ1v) is 6.52. The lowest BCUT2D eigenvalue weighted by molar-refractivity contribution is 0.148. The van der Waals surface area contributed by atoms with Crippen molar-refractivity contribution in [3.05, 3.63) is 59.4 Å². The molecule has 1 atom stereocenters. The number of rotatable bonds is 4. The second-order valence-electron chi connectivity index (χ2n) is 4.81. The molecule has 20 heavy (non-hydrogen) atoms. The Labute approximate surface area is 116 Å². The van der Waals surface area contributed by atoms with Gasteiger partial charge >= 0.3 is 0 Å². The van der Waals surface area contributed by atoms with Gasteiger partial charge in [-0.3, -0.25) is 0 Å². The Balaban J connectivity index is 1.58. The van der Waals surface area contributed by atoms with Crippen molar-refractivity contribution >= 4 is 0 Å². The summed E-state index contributed by atoms with van der Waals surface area (Å²) < 4.78 is 24.5. The quantitative estimate of drug-likeness (QED) is 0.931. The van der Waals surface area contributed by atoms with Crippen LogP contribution in [0.15, 0.2) is 42.5 Å². The van der Waals surface area contributed by atoms with Crippen molar-refractivity contribution in [3.8, 4) is 11.5 Å². The van der Waals surface area contributed by atoms with E-state index in [4.69, 9.17) is 14.6 Å². The third-order valence-electron chi connectivity index (χ3n) is 3.31. The first-order valence-electron chi connectivity index (χ1n) is 6.52. The van der Waals surface area contributed by atoms with Crippen molar-refractivity contribution in [2.75, 3.05) is 6.61 Å². The first-order chi connectivity index (χ1) is 9.74. The second kappa shape index (κ2) is 5.51. The first kappa shape index (κ1) is 12.9. The zero-order valence-corrected chi connectivity index (χ0v) is 10.9. The fourth-order valence-electron chi connectivity index (χ4n) is 2.26. The van der Waals surface area contributed by atoms with Gasteiger partial charge in [-0.15, -0.1) is 0 Å². The smallest absolute Gasteiger partial charge is 0.137 e. The van der Waals surface area contributed by atoms with Gasteiger partial charge in [-0.05, 0) is 35.9 Å². The number of halogens is 1. The average Bonchev–Trinajstić information content (AvgIpc) is 2.87. The maximum Gasteiger partial charge on any atom is 0.137 e. The molecule has 4 heteroatoms. The van der Waals surface area contributed by atoms with E-state index in [1.54, 1.807) is 6.07 Å². The molecule has 0 aliphatic carbocycles. The maximum atomic E-state index is 13.1. The number of aliphatic hydroxyl groups is 1. The fourth-order valence-corrected chi connectivity index (χ4v) is 2.26. The Morgan fingerprint density at radius 1 is 1.20 bits per heavy atom. The van der Waals surface area contributed by atoms with Crippen LogP contribution in [0.25, 0.3) is 0 Å². The minimum atomic E-state index is -0.242. The largest absolute Gasteiger partial charge is 0.490 e. The van der Waals surface area contributed by atoms with Gasteiger partial charge in [-0.2, -0.15) is 0 Å². The number of hydrogen-bond donors (Lipinski definition) is 1. The molecule has 104 valence electrons. The van der Waals surface area contributed by atoms with Crippen LogP contribution in [0.3, 0.4) is 0 Å². The molecule has 3 rings (SSSR count). The average molecular weight is 274 g/mol. The normalized spacial score (nSPS) is 16.6. The minimum absolute atomic E-state index is 0.0207. The van der Waals surface area contributed by atoms with E-state index in [0.29, 0.717) is 13.0 Å². The molecule has 0 amide bonds. The Morgan fingerprint density at radius 2 is 2.00 bits per heavy atom. The van der Waals surface area contributed by atoms with Gasteiger partial charge in [0.2, 0.25) is 0 Å². The lowest BCUT2D eigenvalue weighted by Crippen LogP contribution is -2.22. The number of hydrogen-bond acceptors (Lipinski definition) is 3. The van der Waals surface area contributed by atoms with E-state index in [9.17, 15) is 4.39 Å². The van der Waals surface area contributed by atoms with Gasteiger partial charge < -0.3 is 14.6 Å². The molecule has 2 aromatic rings. The van der Waals surface area contributed by atoms with Gasteiger partial charge in [0.15, 0.2) is 0 Å². The van der Waals surface area contributed by atoms with E-state index in [0.717, 1.165) is 22.6 Å². The van der Waals surface area contributed by atoms with Crippen LogP contribution in [0.5, 0.6) is 11.5 Å². The van der Waals surface area contributed by atoms with Crippen LogP contribution in [0, 0.1) is 5.82 Å². The molecule has 0 saturated carbocycles. The molecule has 0 spiro atoms. The van der Waals surface area contributed by atoms with E-state index in [1.165, 1.54) is 12.1 Å². The lowest BCUT2D eigenvalue weighted by Gasteiger charge is -2.12. The fraction of sp³-hybridized carbons (Fsp3) is 0.250. The third kappa shape index (κ3) is 2.75. The molecule has 2 aromatic carbocycles. The Morgan fingerprint density at radius 3 is 2.75 bits per heavy atom. The number of benzene rings is 2. The molecule has 0 radical (unpaired) electrons. The molecule has 1 heterocycles. The van der Waals surface area contributed by atoms with Gasteiger partial charge in [-0.1, -0.05) is 12.1 Å². The van der Waals surface area contributed by atoms with Gasteiger partial charge in [-0.25, -0.2) is 4.39 Å². The molecule has 1 unspecified atom stereocenters. The van der Waals surface area contributed by atoms with Crippen molar-refractivity contribution in [1.82, 2.24) is 0 Å². The molecule has 0 bridgehead atoms. The minimum Gasteiger partial charge on any atom is -0.490 e. The summed E-state index contributed by atoms with van der Waals surface area (Å²) in [5.41, 5.74) is 1.73. The van der Waals surface area contributed by atoms with E-state index in [-0.39, 0.29) is 18.5 Å². The Bertz CT molecular complexity index is 595. The van der Waals surface area contributed by atoms with Crippen molar-refractivity contribution in [2.24, 2.45) is 0 Å². The van der Waals surface area contributed by atoms with Crippen molar-refractivity contribution in [1.29, 1.82) is 0 Å². The van der Waals surface area contributed by atoms with E-state index < -0.39 is 0 Å². The van der Waals surface area contributed by atoms with Gasteiger partial charge in [0, 0.05) is 12.0 Å². The van der Waals surface area contributed by atoms with Crippen molar-refractivity contribution in [2.45, 2.75) is 19.1 Å². The predicted molar refractivity (Wildman–Crippen MR) is 72.4 cm³/mol. The monoisotopic (exact) mass is 274 g/mol. The van der Waals surface area contributed by atoms with E-state index in [1.807, 2.05) is 24.3 Å². The Hall–Kier alpha value is -2.07. The maximum absolute atomic E-state index is 13.1. The van der Waals surface area contributed by atoms with Gasteiger partial charge in [0.25, 0.3) is 0 Å². The number of fused-ring (bicyclic) bond motifs is 1. The van der Waals surface area contributed by atoms with Crippen LogP contribution in [-0.4, -0.2) is 17.8 Å². The summed E-state index contributed by atoms with van der Waals surface area (Å²) in [6.45, 7) is 0.432. The number of ether oxygens (including phenoxy) is 2. The summed E-state index contributed by atoms with van der Waals surface area (Å²) in [6.07, 6.45) is 0.561. The lowest BCUT2D eigenvalue weighted by atomic mass is 10.1. The van der Waals surface area contributed by atoms with Crippen LogP contribution in [0.2, 0.25) is 0 Å². The van der Waals surface area contributed by atoms with Crippen LogP contribution < -0.4 is 9.47 Å². The molecule has 0 aromatic heterocycles. The molecular weight excluding hydrogens is 259 g/mol. The third-order valence-corrected chi connectivity index (χ3v) is 3.31. The van der Waals surface area contributed by atoms with Crippen molar-refractivity contribution in [3.63, 3.8) is 0 Å². The topological polar surface area (TPSA) is 38.7 Å². The molecule has 0 saturated heterocycles. The summed E-state index contributed by atoms with van der Waals surface area (Å²) in [7, 11) is 0.